The van der Waals surface area contributed by atoms with E-state index in [4.69, 9.17) is 14.2 Å². The highest BCUT2D eigenvalue weighted by Gasteiger charge is 2.33. The third kappa shape index (κ3) is 3.09. The third-order valence-corrected chi connectivity index (χ3v) is 4.19. The Kier molecular flexibility index (Phi) is 6.21. The first-order chi connectivity index (χ1) is 8.67. The molecule has 5 heteroatoms. The molecule has 4 nitrogen and oxygen atoms in total. The van der Waals surface area contributed by atoms with E-state index < -0.39 is 6.29 Å². The van der Waals surface area contributed by atoms with Crippen molar-refractivity contribution in [3.05, 3.63) is 16.1 Å². The molecule has 1 aromatic rings. The molecule has 0 aromatic carbocycles. The Morgan fingerprint density at radius 1 is 1.22 bits per heavy atom. The van der Waals surface area contributed by atoms with Gasteiger partial charge in [-0.15, -0.1) is 11.3 Å². The van der Waals surface area contributed by atoms with Gasteiger partial charge in [-0.3, -0.25) is 0 Å². The van der Waals surface area contributed by atoms with Gasteiger partial charge in [-0.2, -0.15) is 0 Å². The maximum absolute atomic E-state index is 5.94. The second kappa shape index (κ2) is 7.19. The molecule has 0 saturated carbocycles. The Balaban J connectivity index is 3.00. The van der Waals surface area contributed by atoms with Crippen molar-refractivity contribution in [3.8, 4) is 0 Å². The molecule has 0 aliphatic heterocycles. The molecule has 104 valence electrons. The number of thiazole rings is 1. The van der Waals surface area contributed by atoms with Gasteiger partial charge in [-0.05, 0) is 19.8 Å². The van der Waals surface area contributed by atoms with E-state index in [1.807, 2.05) is 12.3 Å². The van der Waals surface area contributed by atoms with Crippen molar-refractivity contribution >= 4 is 11.3 Å². The number of aromatic nitrogens is 1. The minimum absolute atomic E-state index is 0.274. The minimum Gasteiger partial charge on any atom is -0.368 e. The van der Waals surface area contributed by atoms with Crippen molar-refractivity contribution < 1.29 is 14.2 Å². The lowest BCUT2D eigenvalue weighted by Crippen LogP contribution is -2.28. The quantitative estimate of drug-likeness (QED) is 0.680. The van der Waals surface area contributed by atoms with Gasteiger partial charge in [-0.25, -0.2) is 4.98 Å². The van der Waals surface area contributed by atoms with Crippen LogP contribution in [0.25, 0.3) is 0 Å². The molecular weight excluding hydrogens is 250 g/mol. The third-order valence-electron chi connectivity index (χ3n) is 3.14. The van der Waals surface area contributed by atoms with Gasteiger partial charge in [0.1, 0.15) is 16.3 Å². The van der Waals surface area contributed by atoms with Crippen molar-refractivity contribution in [2.45, 2.75) is 45.5 Å². The largest absolute Gasteiger partial charge is 0.368 e. The summed E-state index contributed by atoms with van der Waals surface area (Å²) in [5.74, 6) is 0. The summed E-state index contributed by atoms with van der Waals surface area (Å²) < 4.78 is 16.4. The Hall–Kier alpha value is -0.490. The average molecular weight is 273 g/mol. The first kappa shape index (κ1) is 15.6. The fourth-order valence-corrected chi connectivity index (χ4v) is 3.15. The number of nitrogens with zero attached hydrogens (tertiary/aromatic N) is 1. The Labute approximate surface area is 113 Å². The van der Waals surface area contributed by atoms with Crippen LogP contribution >= 0.6 is 11.3 Å². The fourth-order valence-electron chi connectivity index (χ4n) is 2.04. The van der Waals surface area contributed by atoms with Crippen molar-refractivity contribution in [1.29, 1.82) is 0 Å². The molecule has 1 rings (SSSR count). The van der Waals surface area contributed by atoms with Crippen molar-refractivity contribution in [3.63, 3.8) is 0 Å². The fraction of sp³-hybridized carbons (Fsp3) is 0.769. The molecule has 0 N–H and O–H groups in total. The first-order valence-corrected chi connectivity index (χ1v) is 7.20. The van der Waals surface area contributed by atoms with Crippen LogP contribution in [0.1, 0.15) is 50.6 Å². The molecule has 0 spiro atoms. The molecule has 0 radical (unpaired) electrons. The first-order valence-electron chi connectivity index (χ1n) is 6.32. The van der Waals surface area contributed by atoms with Crippen LogP contribution in [0.15, 0.2) is 5.38 Å². The standard InChI is InChI=1S/C13H23NO3S/c1-6-13(7-2,17-8-3)12-14-10(9-18-12)11(15-4)16-5/h9,11H,6-8H2,1-5H3. The summed E-state index contributed by atoms with van der Waals surface area (Å²) in [6.45, 7) is 6.96. The summed E-state index contributed by atoms with van der Waals surface area (Å²) in [7, 11) is 3.23. The van der Waals surface area contributed by atoms with Crippen molar-refractivity contribution in [2.24, 2.45) is 0 Å². The second-order valence-electron chi connectivity index (χ2n) is 4.02. The van der Waals surface area contributed by atoms with Gasteiger partial charge in [0, 0.05) is 26.2 Å². The van der Waals surface area contributed by atoms with Crippen molar-refractivity contribution in [2.75, 3.05) is 20.8 Å². The molecule has 0 atom stereocenters. The van der Waals surface area contributed by atoms with E-state index in [-0.39, 0.29) is 5.60 Å². The van der Waals surface area contributed by atoms with Crippen molar-refractivity contribution in [1.82, 2.24) is 4.98 Å². The van der Waals surface area contributed by atoms with Gasteiger partial charge in [0.05, 0.1) is 0 Å². The number of methoxy groups -OCH3 is 2. The molecule has 0 amide bonds. The Morgan fingerprint density at radius 2 is 1.83 bits per heavy atom. The summed E-state index contributed by atoms with van der Waals surface area (Å²) >= 11 is 1.61. The Morgan fingerprint density at radius 3 is 2.28 bits per heavy atom. The highest BCUT2D eigenvalue weighted by atomic mass is 32.1. The molecule has 0 saturated heterocycles. The van der Waals surface area contributed by atoms with Crippen LogP contribution in [0, 0.1) is 0 Å². The van der Waals surface area contributed by atoms with Gasteiger partial charge in [0.2, 0.25) is 6.29 Å². The molecule has 1 heterocycles. The zero-order valence-corrected chi connectivity index (χ0v) is 12.7. The van der Waals surface area contributed by atoms with Gasteiger partial charge in [-0.1, -0.05) is 13.8 Å². The summed E-state index contributed by atoms with van der Waals surface area (Å²) in [4.78, 5) is 4.63. The summed E-state index contributed by atoms with van der Waals surface area (Å²) in [5.41, 5.74) is 0.537. The van der Waals surface area contributed by atoms with Crippen LogP contribution in [-0.4, -0.2) is 25.8 Å². The highest BCUT2D eigenvalue weighted by Crippen LogP contribution is 2.36. The molecule has 1 aromatic heterocycles. The van der Waals surface area contributed by atoms with Crippen LogP contribution < -0.4 is 0 Å². The maximum Gasteiger partial charge on any atom is 0.201 e. The van der Waals surface area contributed by atoms with E-state index in [2.05, 4.69) is 18.8 Å². The monoisotopic (exact) mass is 273 g/mol. The van der Waals surface area contributed by atoms with E-state index in [1.54, 1.807) is 25.6 Å². The molecule has 18 heavy (non-hydrogen) atoms. The maximum atomic E-state index is 5.94. The van der Waals surface area contributed by atoms with Gasteiger partial charge < -0.3 is 14.2 Å². The normalized spacial score (nSPS) is 12.3. The minimum atomic E-state index is -0.400. The predicted octanol–water partition coefficient (Wildman–Crippen LogP) is 3.49. The molecular formula is C13H23NO3S. The lowest BCUT2D eigenvalue weighted by Gasteiger charge is -2.29. The van der Waals surface area contributed by atoms with Crippen LogP contribution in [0.5, 0.6) is 0 Å². The molecule has 0 bridgehead atoms. The van der Waals surface area contributed by atoms with E-state index in [9.17, 15) is 0 Å². The van der Waals surface area contributed by atoms with Crippen LogP contribution in [-0.2, 0) is 19.8 Å². The molecule has 0 unspecified atom stereocenters. The number of hydrogen-bond donors (Lipinski definition) is 0. The molecule has 0 fully saturated rings. The number of rotatable bonds is 8. The SMILES string of the molecule is CCOC(CC)(CC)c1nc(C(OC)OC)cs1. The highest BCUT2D eigenvalue weighted by molar-refractivity contribution is 7.09. The smallest absolute Gasteiger partial charge is 0.201 e. The van der Waals surface area contributed by atoms with E-state index in [1.165, 1.54) is 0 Å². The van der Waals surface area contributed by atoms with E-state index in [0.29, 0.717) is 6.61 Å². The zero-order chi connectivity index (χ0) is 13.6. The summed E-state index contributed by atoms with van der Waals surface area (Å²) in [6, 6.07) is 0. The van der Waals surface area contributed by atoms with Crippen LogP contribution in [0.3, 0.4) is 0 Å². The average Bonchev–Trinajstić information content (AvgIpc) is 2.88. The lowest BCUT2D eigenvalue weighted by atomic mass is 9.98. The van der Waals surface area contributed by atoms with Crippen LogP contribution in [0.2, 0.25) is 0 Å². The molecule has 0 aliphatic carbocycles. The summed E-state index contributed by atoms with van der Waals surface area (Å²) in [6.07, 6.45) is 1.42. The zero-order valence-electron chi connectivity index (χ0n) is 11.9. The lowest BCUT2D eigenvalue weighted by molar-refractivity contribution is -0.109. The predicted molar refractivity (Wildman–Crippen MR) is 72.8 cm³/mol. The van der Waals surface area contributed by atoms with E-state index >= 15 is 0 Å². The van der Waals surface area contributed by atoms with Gasteiger partial charge in [0.25, 0.3) is 0 Å². The summed E-state index contributed by atoms with van der Waals surface area (Å²) in [5, 5.41) is 2.98. The number of ether oxygens (including phenoxy) is 3. The van der Waals surface area contributed by atoms with Gasteiger partial charge >= 0.3 is 0 Å². The topological polar surface area (TPSA) is 40.6 Å². The van der Waals surface area contributed by atoms with Gasteiger partial charge in [0.15, 0.2) is 0 Å². The number of hydrogen-bond acceptors (Lipinski definition) is 5. The Bertz CT molecular complexity index is 346. The van der Waals surface area contributed by atoms with E-state index in [0.717, 1.165) is 23.5 Å². The van der Waals surface area contributed by atoms with Crippen LogP contribution in [0.4, 0.5) is 0 Å². The molecule has 0 aliphatic rings. The second-order valence-corrected chi connectivity index (χ2v) is 4.87.